The molecule has 1 aliphatic heterocycles. The molecule has 7 heteroatoms. The van der Waals surface area contributed by atoms with E-state index in [0.29, 0.717) is 19.5 Å². The Kier molecular flexibility index (Phi) is 7.78. The lowest BCUT2D eigenvalue weighted by Crippen LogP contribution is -2.30. The Bertz CT molecular complexity index is 358. The van der Waals surface area contributed by atoms with Crippen LogP contribution < -0.4 is 5.32 Å². The predicted molar refractivity (Wildman–Crippen MR) is 89.7 cm³/mol. The van der Waals surface area contributed by atoms with Gasteiger partial charge in [0.1, 0.15) is 9.93 Å². The Balaban J connectivity index is 2.71. The van der Waals surface area contributed by atoms with Crippen LogP contribution in [0, 0.1) is 0 Å². The molecule has 0 radical (unpaired) electrons. The third-order valence-electron chi connectivity index (χ3n) is 2.98. The van der Waals surface area contributed by atoms with Gasteiger partial charge in [0.25, 0.3) is 0 Å². The lowest BCUT2D eigenvalue weighted by molar-refractivity contribution is 0.132. The number of aliphatic imine (C=N–C) groups is 1. The molecule has 1 aliphatic rings. The zero-order chi connectivity index (χ0) is 15.1. The van der Waals surface area contributed by atoms with Gasteiger partial charge in [-0.05, 0) is 20.3 Å². The van der Waals surface area contributed by atoms with Crippen LogP contribution in [0.1, 0.15) is 20.3 Å². The Morgan fingerprint density at radius 1 is 1.55 bits per heavy atom. The number of alkyl halides is 1. The second-order valence-corrected chi connectivity index (χ2v) is 6.47. The molecule has 0 aromatic carbocycles. The summed E-state index contributed by atoms with van der Waals surface area (Å²) in [6.07, 6.45) is 2.11. The summed E-state index contributed by atoms with van der Waals surface area (Å²) in [4.78, 5) is 8.71. The highest BCUT2D eigenvalue weighted by molar-refractivity contribution is 14.1. The van der Waals surface area contributed by atoms with Crippen LogP contribution in [0.3, 0.4) is 0 Å². The number of aliphatic hydroxyl groups excluding tert-OH is 2. The molecule has 3 N–H and O–H groups in total. The summed E-state index contributed by atoms with van der Waals surface area (Å²) < 4.78 is -0.343. The first-order valence-corrected chi connectivity index (χ1v) is 8.08. The Morgan fingerprint density at radius 3 is 2.80 bits per heavy atom. The van der Waals surface area contributed by atoms with Gasteiger partial charge >= 0.3 is 0 Å². The first-order valence-electron chi connectivity index (χ1n) is 6.83. The van der Waals surface area contributed by atoms with Gasteiger partial charge in [-0.2, -0.15) is 0 Å². The predicted octanol–water partition coefficient (Wildman–Crippen LogP) is 0.565. The molecule has 1 saturated heterocycles. The first kappa shape index (κ1) is 17.7. The van der Waals surface area contributed by atoms with Crippen molar-refractivity contribution in [2.45, 2.75) is 30.5 Å². The average Bonchev–Trinajstić information content (AvgIpc) is 2.67. The standard InChI is InChI=1S/C13H25IN4O2/c1-4-15-13(16-6-5-12(14)20)11-8-18(7-10(2)19)9-17(11)3/h4,10,12,16,19-20H,5-9H2,1-3H3/b13-11-,15-4?/t10?,12-/m0/s1. The van der Waals surface area contributed by atoms with Crippen LogP contribution >= 0.6 is 22.6 Å². The van der Waals surface area contributed by atoms with Crippen molar-refractivity contribution in [1.29, 1.82) is 0 Å². The monoisotopic (exact) mass is 396 g/mol. The fraction of sp³-hybridized carbons (Fsp3) is 0.769. The maximum absolute atomic E-state index is 9.48. The molecule has 0 aromatic heterocycles. The normalized spacial score (nSPS) is 22.4. The van der Waals surface area contributed by atoms with E-state index in [4.69, 9.17) is 0 Å². The summed E-state index contributed by atoms with van der Waals surface area (Å²) >= 11 is 1.99. The fourth-order valence-electron chi connectivity index (χ4n) is 2.18. The first-order chi connectivity index (χ1) is 9.43. The van der Waals surface area contributed by atoms with E-state index in [9.17, 15) is 10.2 Å². The third-order valence-corrected chi connectivity index (χ3v) is 3.60. The topological polar surface area (TPSA) is 71.3 Å². The molecule has 0 saturated carbocycles. The number of rotatable bonds is 7. The largest absolute Gasteiger partial charge is 0.392 e. The fourth-order valence-corrected chi connectivity index (χ4v) is 2.49. The number of nitrogens with zero attached hydrogens (tertiary/aromatic N) is 3. The zero-order valence-corrected chi connectivity index (χ0v) is 14.5. The van der Waals surface area contributed by atoms with Gasteiger partial charge in [0.05, 0.1) is 18.5 Å². The van der Waals surface area contributed by atoms with E-state index in [0.717, 1.165) is 24.7 Å². The van der Waals surface area contributed by atoms with Crippen molar-refractivity contribution in [2.75, 3.05) is 33.4 Å². The van der Waals surface area contributed by atoms with Gasteiger partial charge in [-0.15, -0.1) is 0 Å². The van der Waals surface area contributed by atoms with E-state index in [-0.39, 0.29) is 10.2 Å². The van der Waals surface area contributed by atoms with Gasteiger partial charge in [-0.1, -0.05) is 22.6 Å². The minimum Gasteiger partial charge on any atom is -0.392 e. The van der Waals surface area contributed by atoms with Crippen molar-refractivity contribution in [3.63, 3.8) is 0 Å². The molecule has 1 rings (SSSR count). The summed E-state index contributed by atoms with van der Waals surface area (Å²) in [5.74, 6) is 0.847. The molecule has 20 heavy (non-hydrogen) atoms. The smallest absolute Gasteiger partial charge is 0.146 e. The maximum Gasteiger partial charge on any atom is 0.146 e. The summed E-state index contributed by atoms with van der Waals surface area (Å²) in [6, 6.07) is 0. The van der Waals surface area contributed by atoms with Crippen molar-refractivity contribution in [1.82, 2.24) is 15.1 Å². The van der Waals surface area contributed by atoms with Crippen molar-refractivity contribution < 1.29 is 10.2 Å². The van der Waals surface area contributed by atoms with E-state index in [1.54, 1.807) is 13.1 Å². The van der Waals surface area contributed by atoms with Crippen molar-refractivity contribution >= 4 is 28.8 Å². The van der Waals surface area contributed by atoms with Crippen molar-refractivity contribution in [3.05, 3.63) is 11.5 Å². The van der Waals surface area contributed by atoms with Gasteiger partial charge in [0.15, 0.2) is 0 Å². The SMILES string of the molecule is CC=N/C(NCC[C@H](O)I)=C1\CN(CC(C)O)CN1C. The highest BCUT2D eigenvalue weighted by atomic mass is 127. The quantitative estimate of drug-likeness (QED) is 0.334. The Labute approximate surface area is 134 Å². The summed E-state index contributed by atoms with van der Waals surface area (Å²) in [6.45, 7) is 6.59. The molecule has 1 fully saturated rings. The molecule has 1 unspecified atom stereocenters. The minimum atomic E-state index is -0.343. The van der Waals surface area contributed by atoms with Crippen LogP contribution in [-0.4, -0.2) is 69.8 Å². The number of β-amino-alcohol motifs (C(OH)–C–C–N with tert-alkyl or cyclic N) is 1. The molecule has 1 heterocycles. The summed E-state index contributed by atoms with van der Waals surface area (Å²) in [5.41, 5.74) is 1.12. The van der Waals surface area contributed by atoms with Crippen molar-refractivity contribution in [2.24, 2.45) is 4.99 Å². The highest BCUT2D eigenvalue weighted by Gasteiger charge is 2.25. The number of halogens is 1. The van der Waals surface area contributed by atoms with Gasteiger partial charge in [0.2, 0.25) is 0 Å². The van der Waals surface area contributed by atoms with Gasteiger partial charge in [-0.25, -0.2) is 4.99 Å². The zero-order valence-electron chi connectivity index (χ0n) is 12.4. The van der Waals surface area contributed by atoms with Crippen LogP contribution in [0.5, 0.6) is 0 Å². The van der Waals surface area contributed by atoms with E-state index >= 15 is 0 Å². The summed E-state index contributed by atoms with van der Waals surface area (Å²) in [7, 11) is 2.03. The van der Waals surface area contributed by atoms with Gasteiger partial charge in [-0.3, -0.25) is 4.90 Å². The van der Waals surface area contributed by atoms with E-state index in [1.807, 2.05) is 36.6 Å². The molecule has 0 bridgehead atoms. The number of aliphatic hydroxyl groups is 2. The van der Waals surface area contributed by atoms with Crippen LogP contribution in [0.4, 0.5) is 0 Å². The van der Waals surface area contributed by atoms with E-state index in [2.05, 4.69) is 20.1 Å². The molecule has 6 nitrogen and oxygen atoms in total. The molecule has 0 aliphatic carbocycles. The molecule has 116 valence electrons. The molecule has 0 aromatic rings. The third kappa shape index (κ3) is 5.94. The lowest BCUT2D eigenvalue weighted by Gasteiger charge is -2.17. The van der Waals surface area contributed by atoms with E-state index < -0.39 is 0 Å². The molecule has 2 atom stereocenters. The van der Waals surface area contributed by atoms with E-state index in [1.165, 1.54) is 0 Å². The minimum absolute atomic E-state index is 0.331. The number of hydrogen-bond acceptors (Lipinski definition) is 6. The second kappa shape index (κ2) is 8.81. The highest BCUT2D eigenvalue weighted by Crippen LogP contribution is 2.18. The van der Waals surface area contributed by atoms with Crippen LogP contribution in [-0.2, 0) is 0 Å². The Hall–Kier alpha value is -0.380. The maximum atomic E-state index is 9.48. The Morgan fingerprint density at radius 2 is 2.25 bits per heavy atom. The number of hydrogen-bond donors (Lipinski definition) is 3. The van der Waals surface area contributed by atoms with Crippen LogP contribution in [0.25, 0.3) is 0 Å². The van der Waals surface area contributed by atoms with Crippen molar-refractivity contribution in [3.8, 4) is 0 Å². The number of nitrogens with one attached hydrogen (secondary N) is 1. The lowest BCUT2D eigenvalue weighted by atomic mass is 10.3. The molecular weight excluding hydrogens is 371 g/mol. The van der Waals surface area contributed by atoms with Gasteiger partial charge < -0.3 is 20.4 Å². The number of likely N-dealkylation sites (N-methyl/N-ethyl adjacent to an activating group) is 1. The molecule has 0 amide bonds. The summed E-state index contributed by atoms with van der Waals surface area (Å²) in [5, 5.41) is 22.1. The average molecular weight is 396 g/mol. The molecule has 0 spiro atoms. The second-order valence-electron chi connectivity index (χ2n) is 5.03. The van der Waals surface area contributed by atoms with Gasteiger partial charge in [0, 0.05) is 32.9 Å². The van der Waals surface area contributed by atoms with Crippen LogP contribution in [0.2, 0.25) is 0 Å². The van der Waals surface area contributed by atoms with Crippen LogP contribution in [0.15, 0.2) is 16.5 Å². The molecular formula is C13H25IN4O2.